The van der Waals surface area contributed by atoms with E-state index in [1.54, 1.807) is 6.20 Å². The maximum Gasteiger partial charge on any atom is 0.306 e. The number of pyridine rings is 1. The van der Waals surface area contributed by atoms with Crippen LogP contribution in [0.4, 0.5) is 0 Å². The lowest BCUT2D eigenvalue weighted by molar-refractivity contribution is -0.143. The summed E-state index contributed by atoms with van der Waals surface area (Å²) < 4.78 is 0. The van der Waals surface area contributed by atoms with Gasteiger partial charge in [-0.15, -0.1) is 0 Å². The van der Waals surface area contributed by atoms with Crippen molar-refractivity contribution in [3.8, 4) is 0 Å². The van der Waals surface area contributed by atoms with Gasteiger partial charge in [-0.1, -0.05) is 44.2 Å². The standard InChI is InChI=1S/C21H26N2O2/c1-15(2)16-5-7-17(8-6-16)20(19-4-3-11-22-14-19)23-12-9-18(10-13-23)21(24)25/h3-8,11,14-15,18,20H,9-10,12-13H2,1-2H3,(H,24,25). The van der Waals surface area contributed by atoms with Crippen LogP contribution in [-0.4, -0.2) is 34.0 Å². The Balaban J connectivity index is 1.87. The molecule has 0 spiro atoms. The third-order valence-corrected chi connectivity index (χ3v) is 5.16. The molecule has 4 heteroatoms. The SMILES string of the molecule is CC(C)c1ccc(C(c2cccnc2)N2CCC(C(=O)O)CC2)cc1. The topological polar surface area (TPSA) is 53.4 Å². The van der Waals surface area contributed by atoms with Crippen molar-refractivity contribution in [1.82, 2.24) is 9.88 Å². The Morgan fingerprint density at radius 3 is 2.24 bits per heavy atom. The third kappa shape index (κ3) is 4.07. The van der Waals surface area contributed by atoms with Crippen LogP contribution in [0.25, 0.3) is 0 Å². The molecule has 25 heavy (non-hydrogen) atoms. The van der Waals surface area contributed by atoms with Crippen molar-refractivity contribution in [2.24, 2.45) is 5.92 Å². The molecule has 132 valence electrons. The van der Waals surface area contributed by atoms with E-state index in [-0.39, 0.29) is 12.0 Å². The Bertz CT molecular complexity index is 690. The molecule has 3 rings (SSSR count). The average molecular weight is 338 g/mol. The molecule has 1 aliphatic rings. The summed E-state index contributed by atoms with van der Waals surface area (Å²) in [4.78, 5) is 17.9. The summed E-state index contributed by atoms with van der Waals surface area (Å²) in [5.74, 6) is -0.370. The number of aromatic nitrogens is 1. The highest BCUT2D eigenvalue weighted by Gasteiger charge is 2.30. The van der Waals surface area contributed by atoms with E-state index in [1.807, 2.05) is 12.3 Å². The molecular weight excluding hydrogens is 312 g/mol. The molecule has 0 saturated carbocycles. The van der Waals surface area contributed by atoms with Gasteiger partial charge >= 0.3 is 5.97 Å². The molecule has 1 atom stereocenters. The highest BCUT2D eigenvalue weighted by atomic mass is 16.4. The van der Waals surface area contributed by atoms with Gasteiger partial charge in [-0.25, -0.2) is 0 Å². The Morgan fingerprint density at radius 2 is 1.72 bits per heavy atom. The van der Waals surface area contributed by atoms with Crippen LogP contribution in [0.15, 0.2) is 48.8 Å². The second-order valence-corrected chi connectivity index (χ2v) is 7.16. The number of carbonyl (C=O) groups is 1. The molecule has 1 aromatic heterocycles. The normalized spacial score (nSPS) is 17.6. The maximum atomic E-state index is 11.2. The van der Waals surface area contributed by atoms with Crippen LogP contribution in [0.5, 0.6) is 0 Å². The largest absolute Gasteiger partial charge is 0.481 e. The van der Waals surface area contributed by atoms with E-state index in [1.165, 1.54) is 11.1 Å². The van der Waals surface area contributed by atoms with Crippen LogP contribution in [0.2, 0.25) is 0 Å². The number of piperidine rings is 1. The van der Waals surface area contributed by atoms with Gasteiger partial charge in [-0.05, 0) is 54.6 Å². The first-order valence-corrected chi connectivity index (χ1v) is 9.03. The van der Waals surface area contributed by atoms with Crippen molar-refractivity contribution in [1.29, 1.82) is 0 Å². The minimum atomic E-state index is -0.668. The Kier molecular flexibility index (Phi) is 5.49. The van der Waals surface area contributed by atoms with Gasteiger partial charge in [0, 0.05) is 12.4 Å². The van der Waals surface area contributed by atoms with Crippen LogP contribution >= 0.6 is 0 Å². The minimum absolute atomic E-state index is 0.129. The van der Waals surface area contributed by atoms with E-state index in [0.717, 1.165) is 18.7 Å². The van der Waals surface area contributed by atoms with Crippen molar-refractivity contribution in [2.75, 3.05) is 13.1 Å². The number of nitrogens with zero attached hydrogens (tertiary/aromatic N) is 2. The third-order valence-electron chi connectivity index (χ3n) is 5.16. The van der Waals surface area contributed by atoms with Gasteiger partial charge in [0.2, 0.25) is 0 Å². The Labute approximate surface area is 149 Å². The van der Waals surface area contributed by atoms with Crippen LogP contribution < -0.4 is 0 Å². The molecule has 1 N–H and O–H groups in total. The molecule has 2 heterocycles. The van der Waals surface area contributed by atoms with Crippen molar-refractivity contribution < 1.29 is 9.90 Å². The van der Waals surface area contributed by atoms with Gasteiger partial charge < -0.3 is 5.11 Å². The molecule has 1 aromatic carbocycles. The number of likely N-dealkylation sites (tertiary alicyclic amines) is 1. The number of aliphatic carboxylic acids is 1. The Morgan fingerprint density at radius 1 is 1.08 bits per heavy atom. The van der Waals surface area contributed by atoms with Gasteiger partial charge in [0.25, 0.3) is 0 Å². The first-order chi connectivity index (χ1) is 12.1. The molecule has 2 aromatic rings. The molecule has 0 aliphatic carbocycles. The van der Waals surface area contributed by atoms with E-state index in [9.17, 15) is 9.90 Å². The second-order valence-electron chi connectivity index (χ2n) is 7.16. The number of carboxylic acid groups (broad SMARTS) is 1. The molecule has 0 radical (unpaired) electrons. The van der Waals surface area contributed by atoms with Gasteiger partial charge in [-0.2, -0.15) is 0 Å². The van der Waals surface area contributed by atoms with Gasteiger partial charge in [0.1, 0.15) is 0 Å². The molecule has 1 fully saturated rings. The average Bonchev–Trinajstić information content (AvgIpc) is 2.64. The lowest BCUT2D eigenvalue weighted by Crippen LogP contribution is -2.39. The lowest BCUT2D eigenvalue weighted by atomic mass is 9.91. The van der Waals surface area contributed by atoms with E-state index < -0.39 is 5.97 Å². The zero-order chi connectivity index (χ0) is 17.8. The van der Waals surface area contributed by atoms with Crippen LogP contribution in [0, 0.1) is 5.92 Å². The van der Waals surface area contributed by atoms with Crippen molar-refractivity contribution in [3.05, 3.63) is 65.5 Å². The summed E-state index contributed by atoms with van der Waals surface area (Å²) in [6.07, 6.45) is 5.12. The number of benzene rings is 1. The zero-order valence-electron chi connectivity index (χ0n) is 14.9. The molecule has 1 saturated heterocycles. The van der Waals surface area contributed by atoms with Gasteiger partial charge in [0.15, 0.2) is 0 Å². The molecule has 0 bridgehead atoms. The van der Waals surface area contributed by atoms with E-state index in [4.69, 9.17) is 0 Å². The van der Waals surface area contributed by atoms with E-state index in [0.29, 0.717) is 18.8 Å². The fourth-order valence-electron chi connectivity index (χ4n) is 3.62. The van der Waals surface area contributed by atoms with Crippen LogP contribution in [0.3, 0.4) is 0 Å². The molecule has 1 aliphatic heterocycles. The molecule has 0 amide bonds. The summed E-state index contributed by atoms with van der Waals surface area (Å²) in [5, 5.41) is 9.25. The number of carboxylic acids is 1. The second kappa shape index (κ2) is 7.79. The van der Waals surface area contributed by atoms with E-state index in [2.05, 4.69) is 54.1 Å². The summed E-state index contributed by atoms with van der Waals surface area (Å²) >= 11 is 0. The first kappa shape index (κ1) is 17.6. The minimum Gasteiger partial charge on any atom is -0.481 e. The van der Waals surface area contributed by atoms with Gasteiger partial charge in [-0.3, -0.25) is 14.7 Å². The highest BCUT2D eigenvalue weighted by molar-refractivity contribution is 5.70. The summed E-state index contributed by atoms with van der Waals surface area (Å²) in [6, 6.07) is 13.0. The van der Waals surface area contributed by atoms with Crippen molar-refractivity contribution >= 4 is 5.97 Å². The van der Waals surface area contributed by atoms with E-state index >= 15 is 0 Å². The molecule has 1 unspecified atom stereocenters. The number of hydrogen-bond acceptors (Lipinski definition) is 3. The number of rotatable bonds is 5. The van der Waals surface area contributed by atoms with Crippen LogP contribution in [-0.2, 0) is 4.79 Å². The summed E-state index contributed by atoms with van der Waals surface area (Å²) in [7, 11) is 0. The quantitative estimate of drug-likeness (QED) is 0.892. The monoisotopic (exact) mass is 338 g/mol. The maximum absolute atomic E-state index is 11.2. The smallest absolute Gasteiger partial charge is 0.306 e. The summed E-state index contributed by atoms with van der Waals surface area (Å²) in [6.45, 7) is 5.99. The Hall–Kier alpha value is -2.20. The lowest BCUT2D eigenvalue weighted by Gasteiger charge is -2.37. The van der Waals surface area contributed by atoms with Crippen LogP contribution in [0.1, 0.15) is 55.3 Å². The van der Waals surface area contributed by atoms with Crippen molar-refractivity contribution in [2.45, 2.75) is 38.6 Å². The van der Waals surface area contributed by atoms with Gasteiger partial charge in [0.05, 0.1) is 12.0 Å². The predicted molar refractivity (Wildman–Crippen MR) is 98.5 cm³/mol. The fourth-order valence-corrected chi connectivity index (χ4v) is 3.62. The predicted octanol–water partition coefficient (Wildman–Crippen LogP) is 4.09. The zero-order valence-corrected chi connectivity index (χ0v) is 14.9. The molecule has 4 nitrogen and oxygen atoms in total. The fraction of sp³-hybridized carbons (Fsp3) is 0.429. The number of hydrogen-bond donors (Lipinski definition) is 1. The first-order valence-electron chi connectivity index (χ1n) is 9.03. The summed E-state index contributed by atoms with van der Waals surface area (Å²) in [5.41, 5.74) is 3.73. The van der Waals surface area contributed by atoms with Crippen molar-refractivity contribution in [3.63, 3.8) is 0 Å². The highest BCUT2D eigenvalue weighted by Crippen LogP contribution is 2.32. The molecular formula is C21H26N2O2.